The molecule has 0 saturated heterocycles. The minimum atomic E-state index is -2.03. The zero-order valence-corrected chi connectivity index (χ0v) is 7.06. The fourth-order valence-corrected chi connectivity index (χ4v) is 0.814. The fraction of sp³-hybridized carbons (Fsp3) is 0.875. The zero-order chi connectivity index (χ0) is 8.91. The van der Waals surface area contributed by atoms with Crippen molar-refractivity contribution in [2.75, 3.05) is 0 Å². The summed E-state index contributed by atoms with van der Waals surface area (Å²) in [6.07, 6.45) is 2.65. The molecule has 2 nitrogen and oxygen atoms in total. The van der Waals surface area contributed by atoms with Gasteiger partial charge in [0.05, 0.1) is 0 Å². The summed E-state index contributed by atoms with van der Waals surface area (Å²) >= 11 is 0. The van der Waals surface area contributed by atoms with Crippen LogP contribution in [0, 0.1) is 0 Å². The first kappa shape index (κ1) is 10.4. The number of carbonyl (C=O) groups is 1. The van der Waals surface area contributed by atoms with Gasteiger partial charge in [-0.15, -0.1) is 0 Å². The average molecular weight is 162 g/mol. The van der Waals surface area contributed by atoms with Crippen molar-refractivity contribution >= 4 is 5.97 Å². The van der Waals surface area contributed by atoms with Crippen molar-refractivity contribution in [2.45, 2.75) is 45.2 Å². The Labute approximate surface area is 66.4 Å². The van der Waals surface area contributed by atoms with Crippen LogP contribution in [0.2, 0.25) is 0 Å². The maximum atomic E-state index is 12.9. The van der Waals surface area contributed by atoms with E-state index < -0.39 is 11.6 Å². The molecule has 0 radical (unpaired) electrons. The standard InChI is InChI=1S/C8H15FO2/c1-3-4-5-6-8(2,9)7(10)11/h3-6H2,1-2H3,(H,10,11)/t8-/m0/s1. The van der Waals surface area contributed by atoms with E-state index >= 15 is 0 Å². The molecule has 0 bridgehead atoms. The number of rotatable bonds is 5. The number of halogens is 1. The molecule has 0 rings (SSSR count). The van der Waals surface area contributed by atoms with E-state index in [2.05, 4.69) is 0 Å². The molecule has 66 valence electrons. The smallest absolute Gasteiger partial charge is 0.341 e. The van der Waals surface area contributed by atoms with Gasteiger partial charge in [0.25, 0.3) is 0 Å². The number of alkyl halides is 1. The lowest BCUT2D eigenvalue weighted by Gasteiger charge is -2.13. The van der Waals surface area contributed by atoms with Gasteiger partial charge in [-0.1, -0.05) is 19.8 Å². The summed E-state index contributed by atoms with van der Waals surface area (Å²) in [5.74, 6) is -1.35. The van der Waals surface area contributed by atoms with Crippen LogP contribution in [0.1, 0.15) is 39.5 Å². The molecule has 11 heavy (non-hydrogen) atoms. The quantitative estimate of drug-likeness (QED) is 0.630. The number of aliphatic carboxylic acids is 1. The van der Waals surface area contributed by atoms with Crippen molar-refractivity contribution in [3.05, 3.63) is 0 Å². The lowest BCUT2D eigenvalue weighted by Crippen LogP contribution is -2.29. The third-order valence-corrected chi connectivity index (χ3v) is 1.70. The molecule has 0 heterocycles. The summed E-state index contributed by atoms with van der Waals surface area (Å²) < 4.78 is 12.9. The number of carboxylic acids is 1. The molecule has 0 spiro atoms. The highest BCUT2D eigenvalue weighted by atomic mass is 19.1. The summed E-state index contributed by atoms with van der Waals surface area (Å²) in [6, 6.07) is 0. The first-order chi connectivity index (χ1) is 5.00. The van der Waals surface area contributed by atoms with Gasteiger partial charge in [-0.25, -0.2) is 9.18 Å². The summed E-state index contributed by atoms with van der Waals surface area (Å²) in [6.45, 7) is 3.11. The Bertz CT molecular complexity index is 132. The second-order valence-corrected chi connectivity index (χ2v) is 2.96. The molecule has 3 heteroatoms. The number of unbranched alkanes of at least 4 members (excludes halogenated alkanes) is 2. The molecule has 0 saturated carbocycles. The molecule has 0 aromatic rings. The van der Waals surface area contributed by atoms with E-state index in [1.807, 2.05) is 6.92 Å². The second-order valence-electron chi connectivity index (χ2n) is 2.96. The minimum absolute atomic E-state index is 0.121. The van der Waals surface area contributed by atoms with Crippen molar-refractivity contribution in [1.29, 1.82) is 0 Å². The van der Waals surface area contributed by atoms with Crippen LogP contribution >= 0.6 is 0 Å². The number of hydrogen-bond donors (Lipinski definition) is 1. The van der Waals surface area contributed by atoms with E-state index in [1.54, 1.807) is 0 Å². The predicted octanol–water partition coefficient (Wildman–Crippen LogP) is 2.38. The van der Waals surface area contributed by atoms with Gasteiger partial charge in [-0.2, -0.15) is 0 Å². The van der Waals surface area contributed by atoms with Gasteiger partial charge in [-0.05, 0) is 19.8 Å². The zero-order valence-electron chi connectivity index (χ0n) is 7.06. The molecule has 0 amide bonds. The Balaban J connectivity index is 3.64. The van der Waals surface area contributed by atoms with Gasteiger partial charge in [0.15, 0.2) is 0 Å². The van der Waals surface area contributed by atoms with Gasteiger partial charge < -0.3 is 5.11 Å². The van der Waals surface area contributed by atoms with Gasteiger partial charge in [0.2, 0.25) is 5.67 Å². The molecule has 1 atom stereocenters. The van der Waals surface area contributed by atoms with Crippen molar-refractivity contribution in [3.63, 3.8) is 0 Å². The molecule has 0 aliphatic heterocycles. The van der Waals surface area contributed by atoms with Gasteiger partial charge in [-0.3, -0.25) is 0 Å². The van der Waals surface area contributed by atoms with Crippen LogP contribution in [0.25, 0.3) is 0 Å². The SMILES string of the molecule is CCCCC[C@](C)(F)C(=O)O. The van der Waals surface area contributed by atoms with Crippen LogP contribution in [0.5, 0.6) is 0 Å². The van der Waals surface area contributed by atoms with Crippen molar-refractivity contribution < 1.29 is 14.3 Å². The summed E-state index contributed by atoms with van der Waals surface area (Å²) in [5.41, 5.74) is -2.03. The van der Waals surface area contributed by atoms with E-state index in [0.29, 0.717) is 6.42 Å². The van der Waals surface area contributed by atoms with Crippen molar-refractivity contribution in [1.82, 2.24) is 0 Å². The summed E-state index contributed by atoms with van der Waals surface area (Å²) in [4.78, 5) is 10.2. The van der Waals surface area contributed by atoms with Crippen LogP contribution in [0.15, 0.2) is 0 Å². The van der Waals surface area contributed by atoms with Crippen LogP contribution in [0.3, 0.4) is 0 Å². The van der Waals surface area contributed by atoms with E-state index in [9.17, 15) is 9.18 Å². The number of carboxylic acid groups (broad SMARTS) is 1. The molecule has 0 aromatic carbocycles. The normalized spacial score (nSPS) is 15.9. The topological polar surface area (TPSA) is 37.3 Å². The van der Waals surface area contributed by atoms with Crippen LogP contribution in [-0.4, -0.2) is 16.7 Å². The van der Waals surface area contributed by atoms with Crippen molar-refractivity contribution in [3.8, 4) is 0 Å². The first-order valence-electron chi connectivity index (χ1n) is 3.93. The molecule has 0 aliphatic carbocycles. The minimum Gasteiger partial charge on any atom is -0.479 e. The molecule has 1 N–H and O–H groups in total. The molecule has 0 aliphatic rings. The summed E-state index contributed by atoms with van der Waals surface area (Å²) in [5, 5.41) is 8.37. The lowest BCUT2D eigenvalue weighted by atomic mass is 10.0. The molecule has 0 aromatic heterocycles. The monoisotopic (exact) mass is 162 g/mol. The lowest BCUT2D eigenvalue weighted by molar-refractivity contribution is -0.150. The number of hydrogen-bond acceptors (Lipinski definition) is 1. The Morgan fingerprint density at radius 3 is 2.45 bits per heavy atom. The highest BCUT2D eigenvalue weighted by Gasteiger charge is 2.31. The molecular formula is C8H15FO2. The second kappa shape index (κ2) is 4.31. The maximum Gasteiger partial charge on any atom is 0.341 e. The average Bonchev–Trinajstić information content (AvgIpc) is 1.88. The Kier molecular flexibility index (Phi) is 4.08. The van der Waals surface area contributed by atoms with E-state index in [0.717, 1.165) is 19.8 Å². The first-order valence-corrected chi connectivity index (χ1v) is 3.93. The maximum absolute atomic E-state index is 12.9. The van der Waals surface area contributed by atoms with Crippen molar-refractivity contribution in [2.24, 2.45) is 0 Å². The predicted molar refractivity (Wildman–Crippen MR) is 41.3 cm³/mol. The Morgan fingerprint density at radius 1 is 1.55 bits per heavy atom. The third-order valence-electron chi connectivity index (χ3n) is 1.70. The van der Waals surface area contributed by atoms with Gasteiger partial charge >= 0.3 is 5.97 Å². The molecule has 0 unspecified atom stereocenters. The Hall–Kier alpha value is -0.600. The highest BCUT2D eigenvalue weighted by molar-refractivity contribution is 5.76. The van der Waals surface area contributed by atoms with Crippen LogP contribution < -0.4 is 0 Å². The van der Waals surface area contributed by atoms with Gasteiger partial charge in [0.1, 0.15) is 0 Å². The van der Waals surface area contributed by atoms with E-state index in [-0.39, 0.29) is 6.42 Å². The summed E-state index contributed by atoms with van der Waals surface area (Å²) in [7, 11) is 0. The van der Waals surface area contributed by atoms with E-state index in [4.69, 9.17) is 5.11 Å². The third kappa shape index (κ3) is 3.96. The van der Waals surface area contributed by atoms with Gasteiger partial charge in [0, 0.05) is 0 Å². The fourth-order valence-electron chi connectivity index (χ4n) is 0.814. The van der Waals surface area contributed by atoms with Crippen LogP contribution in [-0.2, 0) is 4.79 Å². The molecular weight excluding hydrogens is 147 g/mol. The highest BCUT2D eigenvalue weighted by Crippen LogP contribution is 2.19. The largest absolute Gasteiger partial charge is 0.479 e. The van der Waals surface area contributed by atoms with E-state index in [1.165, 1.54) is 0 Å². The Morgan fingerprint density at radius 2 is 2.09 bits per heavy atom. The molecule has 0 fully saturated rings. The van der Waals surface area contributed by atoms with Crippen LogP contribution in [0.4, 0.5) is 4.39 Å².